The highest BCUT2D eigenvalue weighted by Crippen LogP contribution is 2.25. The van der Waals surface area contributed by atoms with Gasteiger partial charge in [0.1, 0.15) is 11.0 Å². The fraction of sp³-hybridized carbons (Fsp3) is 0.100. The summed E-state index contributed by atoms with van der Waals surface area (Å²) in [6.07, 6.45) is 0. The van der Waals surface area contributed by atoms with Crippen molar-refractivity contribution in [2.75, 3.05) is 5.32 Å². The Morgan fingerprint density at radius 3 is 2.93 bits per heavy atom. The van der Waals surface area contributed by atoms with Crippen LogP contribution in [0.3, 0.4) is 0 Å². The van der Waals surface area contributed by atoms with E-state index in [9.17, 15) is 4.39 Å². The Morgan fingerprint density at radius 1 is 1.47 bits per heavy atom. The Kier molecular flexibility index (Phi) is 2.88. The molecule has 0 amide bonds. The molecular weight excluding hydrogens is 235 g/mol. The number of anilines is 2. The molecule has 0 saturated carbocycles. The van der Waals surface area contributed by atoms with Crippen LogP contribution in [-0.2, 0) is 0 Å². The molecule has 15 heavy (non-hydrogen) atoms. The third-order valence-corrected chi connectivity index (χ3v) is 2.92. The fourth-order valence-electron chi connectivity index (χ4n) is 1.16. The van der Waals surface area contributed by atoms with Crippen LogP contribution in [0.25, 0.3) is 0 Å². The summed E-state index contributed by atoms with van der Waals surface area (Å²) in [7, 11) is 0. The minimum Gasteiger partial charge on any atom is -0.329 e. The highest BCUT2D eigenvalue weighted by atomic mass is 35.5. The Labute approximate surface area is 95.7 Å². The van der Waals surface area contributed by atoms with Crippen molar-refractivity contribution in [3.63, 3.8) is 0 Å². The van der Waals surface area contributed by atoms with Gasteiger partial charge in [-0.2, -0.15) is 0 Å². The van der Waals surface area contributed by atoms with Gasteiger partial charge < -0.3 is 5.32 Å². The monoisotopic (exact) mass is 242 g/mol. The molecule has 1 heterocycles. The Morgan fingerprint density at radius 2 is 2.27 bits per heavy atom. The number of benzene rings is 1. The van der Waals surface area contributed by atoms with Crippen LogP contribution in [0.4, 0.5) is 15.2 Å². The lowest BCUT2D eigenvalue weighted by molar-refractivity contribution is 0.631. The zero-order valence-electron chi connectivity index (χ0n) is 7.92. The summed E-state index contributed by atoms with van der Waals surface area (Å²) in [5, 5.41) is 5.57. The highest BCUT2D eigenvalue weighted by molar-refractivity contribution is 7.14. The average molecular weight is 243 g/mol. The van der Waals surface area contributed by atoms with E-state index in [0.29, 0.717) is 16.0 Å². The molecule has 0 radical (unpaired) electrons. The first-order valence-corrected chi connectivity index (χ1v) is 5.55. The van der Waals surface area contributed by atoms with E-state index in [1.165, 1.54) is 17.4 Å². The van der Waals surface area contributed by atoms with Crippen LogP contribution in [-0.4, -0.2) is 4.98 Å². The number of thiazole rings is 1. The predicted octanol–water partition coefficient (Wildman–Crippen LogP) is 3.99. The normalized spacial score (nSPS) is 10.3. The van der Waals surface area contributed by atoms with Gasteiger partial charge in [-0.05, 0) is 24.6 Å². The van der Waals surface area contributed by atoms with Crippen molar-refractivity contribution >= 4 is 33.8 Å². The summed E-state index contributed by atoms with van der Waals surface area (Å²) in [4.78, 5) is 3.98. The molecule has 2 aromatic rings. The van der Waals surface area contributed by atoms with Crippen molar-refractivity contribution in [2.45, 2.75) is 6.92 Å². The van der Waals surface area contributed by atoms with Gasteiger partial charge in [-0.1, -0.05) is 17.7 Å². The van der Waals surface area contributed by atoms with E-state index < -0.39 is 0 Å². The summed E-state index contributed by atoms with van der Waals surface area (Å²) in [5.74, 6) is -0.299. The van der Waals surface area contributed by atoms with Crippen LogP contribution in [0.2, 0.25) is 5.15 Å². The summed E-state index contributed by atoms with van der Waals surface area (Å²) in [6.45, 7) is 1.90. The summed E-state index contributed by atoms with van der Waals surface area (Å²) in [5.41, 5.74) is 1.41. The van der Waals surface area contributed by atoms with Gasteiger partial charge in [-0.15, -0.1) is 11.3 Å². The maximum atomic E-state index is 13.3. The largest absolute Gasteiger partial charge is 0.329 e. The maximum Gasteiger partial charge on any atom is 0.188 e. The van der Waals surface area contributed by atoms with E-state index in [0.717, 1.165) is 5.56 Å². The Bertz CT molecular complexity index is 484. The van der Waals surface area contributed by atoms with Crippen LogP contribution in [0.1, 0.15) is 5.56 Å². The van der Waals surface area contributed by atoms with Crippen LogP contribution < -0.4 is 5.32 Å². The molecule has 1 aromatic carbocycles. The molecule has 0 unspecified atom stereocenters. The minimum atomic E-state index is -0.299. The van der Waals surface area contributed by atoms with E-state index in [2.05, 4.69) is 10.3 Å². The molecule has 2 nitrogen and oxygen atoms in total. The zero-order valence-corrected chi connectivity index (χ0v) is 9.49. The molecule has 0 bridgehead atoms. The number of hydrogen-bond acceptors (Lipinski definition) is 3. The average Bonchev–Trinajstić information content (AvgIpc) is 2.58. The molecular formula is C10H8ClFN2S. The second-order valence-corrected chi connectivity index (χ2v) is 4.33. The van der Waals surface area contributed by atoms with Crippen molar-refractivity contribution in [3.8, 4) is 0 Å². The lowest BCUT2D eigenvalue weighted by atomic mass is 10.2. The number of aromatic nitrogens is 1. The smallest absolute Gasteiger partial charge is 0.188 e. The molecule has 0 atom stereocenters. The van der Waals surface area contributed by atoms with Crippen LogP contribution >= 0.6 is 22.9 Å². The molecule has 0 saturated heterocycles. The molecule has 0 aliphatic rings. The first kappa shape index (κ1) is 10.4. The number of aryl methyl sites for hydroxylation is 1. The van der Waals surface area contributed by atoms with Crippen LogP contribution in [0.5, 0.6) is 0 Å². The van der Waals surface area contributed by atoms with Crippen LogP contribution in [0, 0.1) is 12.7 Å². The van der Waals surface area contributed by atoms with Gasteiger partial charge in [-0.3, -0.25) is 0 Å². The molecule has 5 heteroatoms. The topological polar surface area (TPSA) is 24.9 Å². The quantitative estimate of drug-likeness (QED) is 0.861. The van der Waals surface area contributed by atoms with Gasteiger partial charge in [0, 0.05) is 5.38 Å². The third kappa shape index (κ3) is 2.46. The molecule has 0 aliphatic heterocycles. The number of halogens is 2. The SMILES string of the molecule is Cc1ccc(F)c(Nc2nc(Cl)cs2)c1. The van der Waals surface area contributed by atoms with Crippen LogP contribution in [0.15, 0.2) is 23.6 Å². The minimum absolute atomic E-state index is 0.299. The molecule has 1 aromatic heterocycles. The fourth-order valence-corrected chi connectivity index (χ4v) is 2.01. The van der Waals surface area contributed by atoms with E-state index in [4.69, 9.17) is 11.6 Å². The van der Waals surface area contributed by atoms with Crippen molar-refractivity contribution in [2.24, 2.45) is 0 Å². The van der Waals surface area contributed by atoms with Gasteiger partial charge in [-0.25, -0.2) is 9.37 Å². The lowest BCUT2D eigenvalue weighted by Crippen LogP contribution is -1.93. The van der Waals surface area contributed by atoms with E-state index >= 15 is 0 Å². The van der Waals surface area contributed by atoms with Crippen molar-refractivity contribution in [3.05, 3.63) is 40.1 Å². The number of rotatable bonds is 2. The molecule has 0 spiro atoms. The van der Waals surface area contributed by atoms with Crippen molar-refractivity contribution in [1.82, 2.24) is 4.98 Å². The van der Waals surface area contributed by atoms with Gasteiger partial charge in [0.25, 0.3) is 0 Å². The maximum absolute atomic E-state index is 13.3. The van der Waals surface area contributed by atoms with Gasteiger partial charge in [0.15, 0.2) is 5.13 Å². The standard InChI is InChI=1S/C10H8ClFN2S/c1-6-2-3-7(12)8(4-6)13-10-14-9(11)5-15-10/h2-5H,1H3,(H,13,14). The molecule has 0 fully saturated rings. The van der Waals surface area contributed by atoms with E-state index in [-0.39, 0.29) is 5.82 Å². The number of nitrogens with zero attached hydrogens (tertiary/aromatic N) is 1. The summed E-state index contributed by atoms with van der Waals surface area (Å²) in [6, 6.07) is 4.87. The summed E-state index contributed by atoms with van der Waals surface area (Å²) < 4.78 is 13.3. The number of hydrogen-bond donors (Lipinski definition) is 1. The highest BCUT2D eigenvalue weighted by Gasteiger charge is 2.05. The van der Waals surface area contributed by atoms with Gasteiger partial charge >= 0.3 is 0 Å². The van der Waals surface area contributed by atoms with E-state index in [1.807, 2.05) is 6.92 Å². The summed E-state index contributed by atoms with van der Waals surface area (Å²) >= 11 is 7.00. The van der Waals surface area contributed by atoms with Crippen molar-refractivity contribution < 1.29 is 4.39 Å². The third-order valence-electron chi connectivity index (χ3n) is 1.84. The first-order valence-electron chi connectivity index (χ1n) is 4.29. The predicted molar refractivity (Wildman–Crippen MR) is 61.5 cm³/mol. The molecule has 1 N–H and O–H groups in total. The number of nitrogens with one attached hydrogen (secondary N) is 1. The Balaban J connectivity index is 2.27. The zero-order chi connectivity index (χ0) is 10.8. The van der Waals surface area contributed by atoms with Crippen molar-refractivity contribution in [1.29, 1.82) is 0 Å². The Hall–Kier alpha value is -1.13. The van der Waals surface area contributed by atoms with E-state index in [1.54, 1.807) is 17.5 Å². The molecule has 0 aliphatic carbocycles. The van der Waals surface area contributed by atoms with Gasteiger partial charge in [0.2, 0.25) is 0 Å². The molecule has 2 rings (SSSR count). The second kappa shape index (κ2) is 4.16. The van der Waals surface area contributed by atoms with Gasteiger partial charge in [0.05, 0.1) is 5.69 Å². The lowest BCUT2D eigenvalue weighted by Gasteiger charge is -2.04. The second-order valence-electron chi connectivity index (χ2n) is 3.08. The molecule has 78 valence electrons. The first-order chi connectivity index (χ1) is 7.15.